The fourth-order valence-electron chi connectivity index (χ4n) is 1.86. The van der Waals surface area contributed by atoms with Crippen LogP contribution >= 0.6 is 0 Å². The zero-order chi connectivity index (χ0) is 12.0. The summed E-state index contributed by atoms with van der Waals surface area (Å²) in [6, 6.07) is 9.20. The maximum Gasteiger partial charge on any atom is 0.337 e. The number of benzene rings is 1. The Labute approximate surface area is 102 Å². The molecule has 1 rings (SSSR count). The van der Waals surface area contributed by atoms with Gasteiger partial charge in [-0.15, -0.1) is 0 Å². The monoisotopic (exact) mass is 234 g/mol. The second-order valence-electron chi connectivity index (χ2n) is 4.05. The molecule has 0 bridgehead atoms. The molecule has 86 valence electrons. The van der Waals surface area contributed by atoms with Crippen molar-refractivity contribution in [3.05, 3.63) is 35.9 Å². The number of hydrogen-bond donors (Lipinski definition) is 0. The van der Waals surface area contributed by atoms with Crippen LogP contribution in [-0.4, -0.2) is 25.1 Å². The van der Waals surface area contributed by atoms with E-state index < -0.39 is 14.1 Å². The lowest BCUT2D eigenvalue weighted by Gasteiger charge is -2.17. The minimum Gasteiger partial charge on any atom is -0.475 e. The van der Waals surface area contributed by atoms with Crippen molar-refractivity contribution in [2.45, 2.75) is 36.3 Å². The summed E-state index contributed by atoms with van der Waals surface area (Å²) in [6.07, 6.45) is 0. The van der Waals surface area contributed by atoms with Gasteiger partial charge in [-0.25, -0.2) is 4.79 Å². The Balaban J connectivity index is 2.58. The van der Waals surface area contributed by atoms with Crippen molar-refractivity contribution in [1.82, 2.24) is 0 Å². The molecule has 3 heteroatoms. The number of carbonyl (C=O) groups excluding carboxylic acids is 1. The minimum atomic E-state index is -0.909. The fourth-order valence-corrected chi connectivity index (χ4v) is 4.08. The van der Waals surface area contributed by atoms with Crippen LogP contribution in [0.1, 0.15) is 31.1 Å². The molecule has 0 radical (unpaired) electrons. The summed E-state index contributed by atoms with van der Waals surface area (Å²) in [5.74, 6) is -0.187. The van der Waals surface area contributed by atoms with Crippen molar-refractivity contribution in [2.75, 3.05) is 0 Å². The van der Waals surface area contributed by atoms with Crippen molar-refractivity contribution in [3.63, 3.8) is 0 Å². The van der Waals surface area contributed by atoms with Gasteiger partial charge in [0.25, 0.3) is 0 Å². The van der Waals surface area contributed by atoms with E-state index in [0.29, 0.717) is 5.56 Å². The van der Waals surface area contributed by atoms with Crippen molar-refractivity contribution in [2.24, 2.45) is 0 Å². The lowest BCUT2D eigenvalue weighted by molar-refractivity contribution is 0.0460. The SMILES string of the molecule is C[CH2][Al]([CH2]C)[CH](C)OC(=O)c1ccccc1. The maximum atomic E-state index is 11.8. The summed E-state index contributed by atoms with van der Waals surface area (Å²) < 4.78 is 5.50. The highest BCUT2D eigenvalue weighted by molar-refractivity contribution is 6.60. The first-order chi connectivity index (χ1) is 7.69. The molecule has 0 aliphatic rings. The van der Waals surface area contributed by atoms with Crippen LogP contribution in [-0.2, 0) is 4.74 Å². The summed E-state index contributed by atoms with van der Waals surface area (Å²) in [5.41, 5.74) is 0.648. The highest BCUT2D eigenvalue weighted by Gasteiger charge is 2.24. The predicted octanol–water partition coefficient (Wildman–Crippen LogP) is 3.31. The molecule has 2 nitrogen and oxygen atoms in total. The van der Waals surface area contributed by atoms with E-state index >= 15 is 0 Å². The van der Waals surface area contributed by atoms with E-state index in [2.05, 4.69) is 13.8 Å². The van der Waals surface area contributed by atoms with Gasteiger partial charge in [0.1, 0.15) is 0 Å². The Bertz CT molecular complexity index is 320. The van der Waals surface area contributed by atoms with Gasteiger partial charge in [0.2, 0.25) is 0 Å². The molecule has 0 aliphatic heterocycles. The summed E-state index contributed by atoms with van der Waals surface area (Å²) in [5, 5.41) is 2.36. The largest absolute Gasteiger partial charge is 0.475 e. The second-order valence-corrected chi connectivity index (χ2v) is 8.15. The van der Waals surface area contributed by atoms with Crippen LogP contribution in [0, 0.1) is 0 Å². The average molecular weight is 234 g/mol. The first-order valence-corrected chi connectivity index (χ1v) is 8.25. The molecule has 0 fully saturated rings. The molecule has 1 aromatic rings. The molecule has 1 aromatic carbocycles. The van der Waals surface area contributed by atoms with Gasteiger partial charge in [-0.3, -0.25) is 0 Å². The molecular weight excluding hydrogens is 215 g/mol. The van der Waals surface area contributed by atoms with Gasteiger partial charge in [-0.1, -0.05) is 42.6 Å². The predicted molar refractivity (Wildman–Crippen MR) is 68.0 cm³/mol. The van der Waals surface area contributed by atoms with Gasteiger partial charge in [0, 0.05) is 4.97 Å². The highest BCUT2D eigenvalue weighted by Crippen LogP contribution is 2.10. The third-order valence-corrected chi connectivity index (χ3v) is 6.58. The van der Waals surface area contributed by atoms with Gasteiger partial charge in [0.05, 0.1) is 5.56 Å². The van der Waals surface area contributed by atoms with Crippen LogP contribution in [0.2, 0.25) is 10.6 Å². The van der Waals surface area contributed by atoms with Crippen LogP contribution in [0.3, 0.4) is 0 Å². The minimum absolute atomic E-state index is 0.128. The van der Waals surface area contributed by atoms with Gasteiger partial charge in [-0.2, -0.15) is 0 Å². The topological polar surface area (TPSA) is 26.3 Å². The molecule has 0 heterocycles. The van der Waals surface area contributed by atoms with Crippen molar-refractivity contribution in [3.8, 4) is 0 Å². The van der Waals surface area contributed by atoms with Crippen LogP contribution in [0.5, 0.6) is 0 Å². The molecule has 1 unspecified atom stereocenters. The first kappa shape index (κ1) is 13.3. The molecule has 16 heavy (non-hydrogen) atoms. The number of ether oxygens (including phenoxy) is 1. The van der Waals surface area contributed by atoms with Crippen molar-refractivity contribution >= 4 is 20.1 Å². The van der Waals surface area contributed by atoms with Crippen LogP contribution in [0.4, 0.5) is 0 Å². The van der Waals surface area contributed by atoms with Gasteiger partial charge in [-0.05, 0) is 19.1 Å². The third-order valence-electron chi connectivity index (χ3n) is 3.02. The molecule has 0 saturated carbocycles. The zero-order valence-electron chi connectivity index (χ0n) is 10.3. The number of esters is 1. The number of carbonyl (C=O) groups is 1. The molecule has 0 aromatic heterocycles. The zero-order valence-corrected chi connectivity index (χ0v) is 11.4. The molecule has 0 aliphatic carbocycles. The first-order valence-electron chi connectivity index (χ1n) is 5.95. The lowest BCUT2D eigenvalue weighted by Crippen LogP contribution is -2.31. The Kier molecular flexibility index (Phi) is 5.59. The van der Waals surface area contributed by atoms with Crippen LogP contribution in [0.25, 0.3) is 0 Å². The number of rotatable bonds is 5. The van der Waals surface area contributed by atoms with E-state index in [-0.39, 0.29) is 10.9 Å². The normalized spacial score (nSPS) is 11.9. The van der Waals surface area contributed by atoms with Crippen LogP contribution in [0.15, 0.2) is 30.3 Å². The third kappa shape index (κ3) is 3.66. The molecular formula is C13H19AlO2. The molecule has 0 saturated heterocycles. The fraction of sp³-hybridized carbons (Fsp3) is 0.462. The number of hydrogen-bond acceptors (Lipinski definition) is 2. The maximum absolute atomic E-state index is 11.8. The van der Waals surface area contributed by atoms with E-state index in [1.54, 1.807) is 12.1 Å². The summed E-state index contributed by atoms with van der Waals surface area (Å²) in [4.78, 5) is 11.9. The summed E-state index contributed by atoms with van der Waals surface area (Å²) in [6.45, 7) is 6.41. The average Bonchev–Trinajstić information content (AvgIpc) is 2.31. The Morgan fingerprint density at radius 2 is 1.81 bits per heavy atom. The molecule has 1 atom stereocenters. The van der Waals surface area contributed by atoms with Gasteiger partial charge >= 0.3 is 20.1 Å². The lowest BCUT2D eigenvalue weighted by atomic mass is 10.2. The van der Waals surface area contributed by atoms with Gasteiger partial charge < -0.3 is 4.74 Å². The molecule has 0 amide bonds. The second kappa shape index (κ2) is 6.73. The molecule has 0 N–H and O–H groups in total. The summed E-state index contributed by atoms with van der Waals surface area (Å²) in [7, 11) is 0. The summed E-state index contributed by atoms with van der Waals surface area (Å²) >= 11 is -0.909. The Hall–Kier alpha value is -0.778. The smallest absolute Gasteiger partial charge is 0.337 e. The van der Waals surface area contributed by atoms with E-state index in [9.17, 15) is 4.79 Å². The Morgan fingerprint density at radius 3 is 2.31 bits per heavy atom. The van der Waals surface area contributed by atoms with Crippen LogP contribution < -0.4 is 0 Å². The van der Waals surface area contributed by atoms with E-state index in [1.165, 1.54) is 10.6 Å². The van der Waals surface area contributed by atoms with Gasteiger partial charge in [0.15, 0.2) is 0 Å². The quantitative estimate of drug-likeness (QED) is 0.577. The van der Waals surface area contributed by atoms with E-state index in [1.807, 2.05) is 25.1 Å². The van der Waals surface area contributed by atoms with E-state index in [4.69, 9.17) is 4.74 Å². The van der Waals surface area contributed by atoms with Crippen molar-refractivity contribution < 1.29 is 9.53 Å². The van der Waals surface area contributed by atoms with E-state index in [0.717, 1.165) is 0 Å². The Morgan fingerprint density at radius 1 is 1.25 bits per heavy atom. The highest BCUT2D eigenvalue weighted by atomic mass is 27.2. The standard InChI is InChI=1S/C9H9O2.2C2H5.Al/c1-2-11-9(10)8-6-4-3-5-7-8;2*1-2;/h2-7H,1H3;2*1H2,2H3;. The molecule has 0 spiro atoms. The van der Waals surface area contributed by atoms with Crippen molar-refractivity contribution in [1.29, 1.82) is 0 Å².